The molecule has 3 rings (SSSR count). The van der Waals surface area contributed by atoms with Crippen molar-refractivity contribution in [1.29, 1.82) is 0 Å². The van der Waals surface area contributed by atoms with Crippen LogP contribution in [0.5, 0.6) is 0 Å². The number of nitrogens with one attached hydrogen (secondary N) is 2. The predicted octanol–water partition coefficient (Wildman–Crippen LogP) is 0.916. The van der Waals surface area contributed by atoms with Crippen LogP contribution in [0.2, 0.25) is 5.02 Å². The standard InChI is InChI=1S/C17H18ClN3O6S/c1-3-10-13(17(24)20-19-10)16(23)9-4-5-11(28(2,25)26)15(14(9)18)21-6-7-27-12(22)8-21/h4-5H,3,6-8H2,1-2H3,(H2,19,20,24). The summed E-state index contributed by atoms with van der Waals surface area (Å²) in [4.78, 5) is 38.1. The van der Waals surface area contributed by atoms with Gasteiger partial charge in [0.1, 0.15) is 18.7 Å². The Labute approximate surface area is 165 Å². The van der Waals surface area contributed by atoms with Gasteiger partial charge in [0.15, 0.2) is 9.84 Å². The molecule has 1 aliphatic heterocycles. The number of halogens is 1. The second-order valence-electron chi connectivity index (χ2n) is 6.30. The summed E-state index contributed by atoms with van der Waals surface area (Å²) in [7, 11) is -3.70. The van der Waals surface area contributed by atoms with Crippen molar-refractivity contribution in [3.05, 3.63) is 44.3 Å². The van der Waals surface area contributed by atoms with Crippen LogP contribution in [0, 0.1) is 0 Å². The van der Waals surface area contributed by atoms with E-state index in [2.05, 4.69) is 10.2 Å². The summed E-state index contributed by atoms with van der Waals surface area (Å²) in [5, 5.41) is 4.88. The molecule has 9 nitrogen and oxygen atoms in total. The molecule has 1 saturated heterocycles. The van der Waals surface area contributed by atoms with Crippen LogP contribution in [-0.4, -0.2) is 56.3 Å². The summed E-state index contributed by atoms with van der Waals surface area (Å²) < 4.78 is 29.4. The molecule has 150 valence electrons. The minimum Gasteiger partial charge on any atom is -0.462 e. The van der Waals surface area contributed by atoms with E-state index < -0.39 is 27.1 Å². The highest BCUT2D eigenvalue weighted by Gasteiger charge is 2.30. The lowest BCUT2D eigenvalue weighted by Crippen LogP contribution is -2.40. The van der Waals surface area contributed by atoms with Gasteiger partial charge in [-0.25, -0.2) is 8.42 Å². The van der Waals surface area contributed by atoms with Gasteiger partial charge in [0.25, 0.3) is 5.56 Å². The summed E-state index contributed by atoms with van der Waals surface area (Å²) >= 11 is 6.46. The summed E-state index contributed by atoms with van der Waals surface area (Å²) in [5.74, 6) is -1.17. The molecule has 0 unspecified atom stereocenters. The first kappa shape index (κ1) is 20.2. The van der Waals surface area contributed by atoms with Crippen LogP contribution in [0.25, 0.3) is 0 Å². The first-order chi connectivity index (χ1) is 13.1. The average molecular weight is 428 g/mol. The van der Waals surface area contributed by atoms with Gasteiger partial charge in [-0.05, 0) is 18.6 Å². The highest BCUT2D eigenvalue weighted by atomic mass is 35.5. The van der Waals surface area contributed by atoms with Gasteiger partial charge in [0, 0.05) is 17.5 Å². The quantitative estimate of drug-likeness (QED) is 0.536. The smallest absolute Gasteiger partial charge is 0.325 e. The lowest BCUT2D eigenvalue weighted by molar-refractivity contribution is -0.143. The van der Waals surface area contributed by atoms with Crippen molar-refractivity contribution in [3.8, 4) is 0 Å². The van der Waals surface area contributed by atoms with Crippen LogP contribution in [0.3, 0.4) is 0 Å². The van der Waals surface area contributed by atoms with Crippen LogP contribution in [0.1, 0.15) is 28.5 Å². The molecule has 1 aromatic heterocycles. The van der Waals surface area contributed by atoms with Gasteiger partial charge in [-0.1, -0.05) is 18.5 Å². The Hall–Kier alpha value is -2.59. The number of benzene rings is 1. The molecule has 0 saturated carbocycles. The van der Waals surface area contributed by atoms with E-state index >= 15 is 0 Å². The number of ketones is 1. The zero-order valence-corrected chi connectivity index (χ0v) is 16.7. The lowest BCUT2D eigenvalue weighted by atomic mass is 10.0. The zero-order chi connectivity index (χ0) is 20.6. The van der Waals surface area contributed by atoms with E-state index in [1.165, 1.54) is 17.0 Å². The number of cyclic esters (lactones) is 1. The van der Waals surface area contributed by atoms with Gasteiger partial charge in [0.05, 0.1) is 22.2 Å². The summed E-state index contributed by atoms with van der Waals surface area (Å²) in [6, 6.07) is 2.54. The lowest BCUT2D eigenvalue weighted by Gasteiger charge is -2.30. The number of rotatable bonds is 5. The summed E-state index contributed by atoms with van der Waals surface area (Å²) in [5.41, 5.74) is -0.227. The first-order valence-electron chi connectivity index (χ1n) is 8.42. The molecule has 11 heteroatoms. The minimum absolute atomic E-state index is 0.0252. The molecule has 2 aromatic rings. The van der Waals surface area contributed by atoms with Crippen molar-refractivity contribution in [1.82, 2.24) is 10.2 Å². The van der Waals surface area contributed by atoms with Crippen LogP contribution >= 0.6 is 11.6 Å². The molecule has 0 spiro atoms. The fourth-order valence-electron chi connectivity index (χ4n) is 3.09. The maximum absolute atomic E-state index is 13.0. The van der Waals surface area contributed by atoms with Crippen LogP contribution in [0.4, 0.5) is 5.69 Å². The Morgan fingerprint density at radius 1 is 1.29 bits per heavy atom. The van der Waals surface area contributed by atoms with Crippen LogP contribution in [0.15, 0.2) is 21.8 Å². The van der Waals surface area contributed by atoms with Crippen molar-refractivity contribution in [2.24, 2.45) is 0 Å². The van der Waals surface area contributed by atoms with Crippen LogP contribution < -0.4 is 10.5 Å². The number of aryl methyl sites for hydroxylation is 1. The van der Waals surface area contributed by atoms with Crippen LogP contribution in [-0.2, 0) is 25.8 Å². The topological polar surface area (TPSA) is 129 Å². The number of nitrogens with zero attached hydrogens (tertiary/aromatic N) is 1. The Bertz CT molecular complexity index is 1120. The molecular weight excluding hydrogens is 410 g/mol. The predicted molar refractivity (Wildman–Crippen MR) is 102 cm³/mol. The Morgan fingerprint density at radius 3 is 2.61 bits per heavy atom. The Balaban J connectivity index is 2.21. The van der Waals surface area contributed by atoms with E-state index in [9.17, 15) is 22.8 Å². The molecule has 1 aromatic carbocycles. The molecule has 0 atom stereocenters. The molecular formula is C17H18ClN3O6S. The number of esters is 1. The van der Waals surface area contributed by atoms with Gasteiger partial charge >= 0.3 is 5.97 Å². The first-order valence-corrected chi connectivity index (χ1v) is 10.7. The third-order valence-corrected chi connectivity index (χ3v) is 5.93. The van der Waals surface area contributed by atoms with Gasteiger partial charge in [-0.3, -0.25) is 19.5 Å². The molecule has 0 amide bonds. The van der Waals surface area contributed by atoms with E-state index in [1.807, 2.05) is 0 Å². The largest absolute Gasteiger partial charge is 0.462 e. The second-order valence-corrected chi connectivity index (χ2v) is 8.67. The van der Waals surface area contributed by atoms with E-state index in [0.717, 1.165) is 6.26 Å². The highest BCUT2D eigenvalue weighted by molar-refractivity contribution is 7.90. The summed E-state index contributed by atoms with van der Waals surface area (Å²) in [6.07, 6.45) is 1.42. The number of anilines is 1. The number of morpholine rings is 1. The Morgan fingerprint density at radius 2 is 2.00 bits per heavy atom. The van der Waals surface area contributed by atoms with E-state index in [4.69, 9.17) is 16.3 Å². The monoisotopic (exact) mass is 427 g/mol. The van der Waals surface area contributed by atoms with Crippen molar-refractivity contribution >= 4 is 38.9 Å². The number of aromatic amines is 2. The normalized spacial score (nSPS) is 14.8. The number of ether oxygens (including phenoxy) is 1. The van der Waals surface area contributed by atoms with Gasteiger partial charge < -0.3 is 14.7 Å². The zero-order valence-electron chi connectivity index (χ0n) is 15.2. The van der Waals surface area contributed by atoms with Crippen molar-refractivity contribution in [2.45, 2.75) is 18.2 Å². The molecule has 28 heavy (non-hydrogen) atoms. The number of hydrogen-bond donors (Lipinski definition) is 2. The molecule has 0 bridgehead atoms. The van der Waals surface area contributed by atoms with E-state index in [1.54, 1.807) is 6.92 Å². The molecule has 1 fully saturated rings. The van der Waals surface area contributed by atoms with Gasteiger partial charge in [-0.2, -0.15) is 0 Å². The minimum atomic E-state index is -3.70. The maximum Gasteiger partial charge on any atom is 0.325 e. The van der Waals surface area contributed by atoms with Crippen molar-refractivity contribution in [3.63, 3.8) is 0 Å². The van der Waals surface area contributed by atoms with Crippen molar-refractivity contribution < 1.29 is 22.7 Å². The number of carbonyl (C=O) groups excluding carboxylic acids is 2. The third kappa shape index (κ3) is 3.57. The summed E-state index contributed by atoms with van der Waals surface area (Å²) in [6.45, 7) is 1.85. The van der Waals surface area contributed by atoms with Gasteiger partial charge in [0.2, 0.25) is 5.78 Å². The van der Waals surface area contributed by atoms with E-state index in [0.29, 0.717) is 12.1 Å². The molecule has 2 N–H and O–H groups in total. The average Bonchev–Trinajstić information content (AvgIpc) is 3.00. The number of hydrogen-bond acceptors (Lipinski definition) is 7. The number of sulfone groups is 1. The SMILES string of the molecule is CCc1[nH][nH]c(=O)c1C(=O)c1ccc(S(C)(=O)=O)c(N2CCOC(=O)C2)c1Cl. The molecule has 0 radical (unpaired) electrons. The number of H-pyrrole nitrogens is 2. The third-order valence-electron chi connectivity index (χ3n) is 4.42. The highest BCUT2D eigenvalue weighted by Crippen LogP contribution is 2.37. The van der Waals surface area contributed by atoms with Crippen molar-refractivity contribution in [2.75, 3.05) is 30.9 Å². The molecule has 1 aliphatic rings. The fourth-order valence-corrected chi connectivity index (χ4v) is 4.42. The van der Waals surface area contributed by atoms with E-state index in [-0.39, 0.29) is 46.4 Å². The maximum atomic E-state index is 13.0. The number of carbonyl (C=O) groups is 2. The Kier molecular flexibility index (Phi) is 5.35. The number of aromatic nitrogens is 2. The molecule has 0 aliphatic carbocycles. The molecule has 2 heterocycles. The second kappa shape index (κ2) is 7.44. The fraction of sp³-hybridized carbons (Fsp3) is 0.353. The van der Waals surface area contributed by atoms with Gasteiger partial charge in [-0.15, -0.1) is 0 Å².